The summed E-state index contributed by atoms with van der Waals surface area (Å²) in [5.74, 6) is 2.78. The molecule has 2 atom stereocenters. The van der Waals surface area contributed by atoms with Crippen LogP contribution in [0.4, 0.5) is 4.79 Å². The van der Waals surface area contributed by atoms with Crippen LogP contribution in [-0.2, 0) is 0 Å². The highest BCUT2D eigenvalue weighted by Crippen LogP contribution is 2.42. The summed E-state index contributed by atoms with van der Waals surface area (Å²) < 4.78 is 0. The number of hydrogen-bond donors (Lipinski definition) is 1. The van der Waals surface area contributed by atoms with Crippen LogP contribution in [0.2, 0.25) is 0 Å². The second kappa shape index (κ2) is 6.57. The SMILES string of the molecule is Cc1cnc([C@@H](NC(=O)N2CCSCC[C@H]2C)C2CC2)s1. The zero-order chi connectivity index (χ0) is 14.8. The minimum absolute atomic E-state index is 0.0924. The molecule has 6 heteroatoms. The van der Waals surface area contributed by atoms with E-state index in [1.807, 2.05) is 22.9 Å². The maximum absolute atomic E-state index is 12.7. The van der Waals surface area contributed by atoms with Crippen LogP contribution in [0.25, 0.3) is 0 Å². The second-order valence-electron chi connectivity index (χ2n) is 6.02. The van der Waals surface area contributed by atoms with Crippen molar-refractivity contribution < 1.29 is 4.79 Å². The minimum atomic E-state index is 0.0924. The molecule has 21 heavy (non-hydrogen) atoms. The van der Waals surface area contributed by atoms with E-state index >= 15 is 0 Å². The van der Waals surface area contributed by atoms with E-state index in [4.69, 9.17) is 0 Å². The van der Waals surface area contributed by atoms with Gasteiger partial charge >= 0.3 is 6.03 Å². The third kappa shape index (κ3) is 3.72. The molecular formula is C15H23N3OS2. The van der Waals surface area contributed by atoms with Gasteiger partial charge in [0.15, 0.2) is 0 Å². The van der Waals surface area contributed by atoms with Crippen molar-refractivity contribution in [2.45, 2.75) is 45.2 Å². The predicted octanol–water partition coefficient (Wildman–Crippen LogP) is 3.44. The largest absolute Gasteiger partial charge is 0.328 e. The Morgan fingerprint density at radius 3 is 2.90 bits per heavy atom. The fraction of sp³-hybridized carbons (Fsp3) is 0.733. The van der Waals surface area contributed by atoms with Gasteiger partial charge in [0.25, 0.3) is 0 Å². The molecule has 0 spiro atoms. The van der Waals surface area contributed by atoms with Crippen LogP contribution >= 0.6 is 23.1 Å². The molecule has 2 aliphatic rings. The lowest BCUT2D eigenvalue weighted by molar-refractivity contribution is 0.177. The van der Waals surface area contributed by atoms with Gasteiger partial charge < -0.3 is 10.2 Å². The summed E-state index contributed by atoms with van der Waals surface area (Å²) in [6, 6.07) is 0.534. The molecule has 1 aliphatic carbocycles. The van der Waals surface area contributed by atoms with Gasteiger partial charge in [-0.05, 0) is 44.8 Å². The summed E-state index contributed by atoms with van der Waals surface area (Å²) in [7, 11) is 0. The third-order valence-corrected chi connectivity index (χ3v) is 6.22. The minimum Gasteiger partial charge on any atom is -0.328 e. The van der Waals surface area contributed by atoms with Gasteiger partial charge in [0.2, 0.25) is 0 Å². The standard InChI is InChI=1S/C15H23N3OS2/c1-10-5-7-20-8-6-18(10)15(19)17-13(12-3-4-12)14-16-9-11(2)21-14/h9-10,12-13H,3-8H2,1-2H3,(H,17,19)/t10-,13+/m1/s1. The van der Waals surface area contributed by atoms with Crippen molar-refractivity contribution in [2.24, 2.45) is 5.92 Å². The Hall–Kier alpha value is -0.750. The van der Waals surface area contributed by atoms with Crippen LogP contribution in [0.5, 0.6) is 0 Å². The van der Waals surface area contributed by atoms with Crippen molar-refractivity contribution in [2.75, 3.05) is 18.1 Å². The van der Waals surface area contributed by atoms with E-state index in [2.05, 4.69) is 24.1 Å². The number of urea groups is 1. The van der Waals surface area contributed by atoms with Crippen LogP contribution in [0.1, 0.15) is 42.1 Å². The molecule has 1 N–H and O–H groups in total. The number of carbonyl (C=O) groups excluding carboxylic acids is 1. The van der Waals surface area contributed by atoms with Crippen molar-refractivity contribution in [3.8, 4) is 0 Å². The van der Waals surface area contributed by atoms with Gasteiger partial charge in [-0.15, -0.1) is 11.3 Å². The lowest BCUT2D eigenvalue weighted by Crippen LogP contribution is -2.47. The Kier molecular flexibility index (Phi) is 4.74. The predicted molar refractivity (Wildman–Crippen MR) is 89.0 cm³/mol. The number of nitrogens with zero attached hydrogens (tertiary/aromatic N) is 2. The summed E-state index contributed by atoms with van der Waals surface area (Å²) in [5, 5.41) is 4.33. The molecule has 4 nitrogen and oxygen atoms in total. The number of thioether (sulfide) groups is 1. The highest BCUT2D eigenvalue weighted by molar-refractivity contribution is 7.99. The topological polar surface area (TPSA) is 45.2 Å². The van der Waals surface area contributed by atoms with Crippen LogP contribution in [0, 0.1) is 12.8 Å². The number of aryl methyl sites for hydroxylation is 1. The lowest BCUT2D eigenvalue weighted by atomic mass is 10.2. The molecule has 1 aromatic rings. The number of amides is 2. The summed E-state index contributed by atoms with van der Waals surface area (Å²) >= 11 is 3.66. The summed E-state index contributed by atoms with van der Waals surface area (Å²) in [6.45, 7) is 5.08. The highest BCUT2D eigenvalue weighted by Gasteiger charge is 2.36. The molecule has 0 radical (unpaired) electrons. The Bertz CT molecular complexity index is 501. The first kappa shape index (κ1) is 15.2. The molecule has 3 rings (SSSR count). The zero-order valence-corrected chi connectivity index (χ0v) is 14.3. The maximum atomic E-state index is 12.7. The van der Waals surface area contributed by atoms with Crippen molar-refractivity contribution in [1.29, 1.82) is 0 Å². The van der Waals surface area contributed by atoms with E-state index in [1.54, 1.807) is 11.3 Å². The molecule has 1 saturated heterocycles. The van der Waals surface area contributed by atoms with E-state index in [1.165, 1.54) is 17.7 Å². The first-order chi connectivity index (χ1) is 10.1. The molecule has 1 aromatic heterocycles. The first-order valence-corrected chi connectivity index (χ1v) is 9.69. The van der Waals surface area contributed by atoms with Gasteiger partial charge in [0.05, 0.1) is 6.04 Å². The number of thiazole rings is 1. The summed E-state index contributed by atoms with van der Waals surface area (Å²) in [5.41, 5.74) is 0. The van der Waals surface area contributed by atoms with Crippen LogP contribution in [-0.4, -0.2) is 40.0 Å². The van der Waals surface area contributed by atoms with Crippen molar-refractivity contribution in [3.05, 3.63) is 16.1 Å². The molecule has 2 fully saturated rings. The van der Waals surface area contributed by atoms with Gasteiger partial charge in [-0.3, -0.25) is 0 Å². The number of rotatable bonds is 3. The Balaban J connectivity index is 1.68. The van der Waals surface area contributed by atoms with Crippen LogP contribution in [0.3, 0.4) is 0 Å². The van der Waals surface area contributed by atoms with E-state index in [-0.39, 0.29) is 12.1 Å². The molecule has 2 amide bonds. The van der Waals surface area contributed by atoms with Crippen molar-refractivity contribution >= 4 is 29.1 Å². The maximum Gasteiger partial charge on any atom is 0.318 e. The molecule has 1 aliphatic heterocycles. The third-order valence-electron chi connectivity index (χ3n) is 4.23. The Labute approximate surface area is 134 Å². The van der Waals surface area contributed by atoms with E-state index < -0.39 is 0 Å². The lowest BCUT2D eigenvalue weighted by Gasteiger charge is -2.29. The average molecular weight is 326 g/mol. The first-order valence-electron chi connectivity index (χ1n) is 7.72. The van der Waals surface area contributed by atoms with E-state index in [0.29, 0.717) is 12.0 Å². The molecule has 116 valence electrons. The Morgan fingerprint density at radius 2 is 2.24 bits per heavy atom. The van der Waals surface area contributed by atoms with Crippen molar-refractivity contribution in [3.63, 3.8) is 0 Å². The summed E-state index contributed by atoms with van der Waals surface area (Å²) in [6.07, 6.45) is 5.40. The van der Waals surface area contributed by atoms with E-state index in [0.717, 1.165) is 29.5 Å². The van der Waals surface area contributed by atoms with Gasteiger partial charge in [-0.1, -0.05) is 0 Å². The Morgan fingerprint density at radius 1 is 1.43 bits per heavy atom. The van der Waals surface area contributed by atoms with Gasteiger partial charge in [-0.25, -0.2) is 9.78 Å². The number of nitrogens with one attached hydrogen (secondary N) is 1. The smallest absolute Gasteiger partial charge is 0.318 e. The van der Waals surface area contributed by atoms with Gasteiger partial charge in [0.1, 0.15) is 5.01 Å². The highest BCUT2D eigenvalue weighted by atomic mass is 32.2. The van der Waals surface area contributed by atoms with Gasteiger partial charge in [0, 0.05) is 29.4 Å². The van der Waals surface area contributed by atoms with Crippen LogP contribution in [0.15, 0.2) is 6.20 Å². The van der Waals surface area contributed by atoms with E-state index in [9.17, 15) is 4.79 Å². The van der Waals surface area contributed by atoms with Crippen LogP contribution < -0.4 is 5.32 Å². The molecule has 2 heterocycles. The average Bonchev–Trinajstić information content (AvgIpc) is 3.23. The fourth-order valence-corrected chi connectivity index (χ4v) is 4.70. The zero-order valence-electron chi connectivity index (χ0n) is 12.7. The second-order valence-corrected chi connectivity index (χ2v) is 8.51. The monoisotopic (exact) mass is 325 g/mol. The molecule has 1 saturated carbocycles. The summed E-state index contributed by atoms with van der Waals surface area (Å²) in [4.78, 5) is 20.4. The molecule has 0 aromatic carbocycles. The number of carbonyl (C=O) groups is 1. The normalized spacial score (nSPS) is 24.5. The molecule has 0 unspecified atom stereocenters. The molecule has 0 bridgehead atoms. The quantitative estimate of drug-likeness (QED) is 0.926. The fourth-order valence-electron chi connectivity index (χ4n) is 2.74. The number of hydrogen-bond acceptors (Lipinski definition) is 4. The van der Waals surface area contributed by atoms with Crippen molar-refractivity contribution in [1.82, 2.24) is 15.2 Å². The van der Waals surface area contributed by atoms with Gasteiger partial charge in [-0.2, -0.15) is 11.8 Å². The molecular weight excluding hydrogens is 302 g/mol. The number of aromatic nitrogens is 1.